The molecule has 0 saturated heterocycles. The van der Waals surface area contributed by atoms with Gasteiger partial charge in [0.1, 0.15) is 5.70 Å². The van der Waals surface area contributed by atoms with Crippen LogP contribution in [0.1, 0.15) is 17.2 Å². The Labute approximate surface area is 168 Å². The van der Waals surface area contributed by atoms with Crippen LogP contribution >= 0.6 is 0 Å². The quantitative estimate of drug-likeness (QED) is 0.541. The number of methoxy groups -OCH3 is 2. The fourth-order valence-corrected chi connectivity index (χ4v) is 3.64. The van der Waals surface area contributed by atoms with Crippen LogP contribution in [0.4, 0.5) is 5.69 Å². The van der Waals surface area contributed by atoms with E-state index in [4.69, 9.17) is 9.47 Å². The van der Waals surface area contributed by atoms with Gasteiger partial charge in [0.2, 0.25) is 0 Å². The number of ether oxygens (including phenoxy) is 2. The minimum Gasteiger partial charge on any atom is -0.466 e. The standard InChI is InChI=1S/C23H20N2O4/c1-28-22(26)13-21(23(27)29-2)25-19-10-6-3-7-15(19)11-12-20(25)17-14-24-18-9-5-4-8-16(17)18/h3-14,20,24H,1-2H3/b21-13+. The van der Waals surface area contributed by atoms with E-state index in [9.17, 15) is 9.59 Å². The van der Waals surface area contributed by atoms with E-state index in [-0.39, 0.29) is 11.7 Å². The van der Waals surface area contributed by atoms with Gasteiger partial charge in [-0.05, 0) is 17.7 Å². The molecule has 6 nitrogen and oxygen atoms in total. The highest BCUT2D eigenvalue weighted by Gasteiger charge is 2.32. The van der Waals surface area contributed by atoms with E-state index in [0.717, 1.165) is 27.7 Å². The van der Waals surface area contributed by atoms with Gasteiger partial charge >= 0.3 is 11.9 Å². The average molecular weight is 388 g/mol. The molecule has 1 unspecified atom stereocenters. The smallest absolute Gasteiger partial charge is 0.354 e. The first kappa shape index (κ1) is 18.6. The number of benzene rings is 2. The minimum atomic E-state index is -0.630. The van der Waals surface area contributed by atoms with Gasteiger partial charge in [-0.2, -0.15) is 0 Å². The molecule has 146 valence electrons. The lowest BCUT2D eigenvalue weighted by molar-refractivity contribution is -0.138. The Balaban J connectivity index is 1.94. The fraction of sp³-hybridized carbons (Fsp3) is 0.130. The molecule has 0 saturated carbocycles. The van der Waals surface area contributed by atoms with E-state index in [2.05, 4.69) is 4.98 Å². The first-order valence-electron chi connectivity index (χ1n) is 9.14. The topological polar surface area (TPSA) is 71.6 Å². The largest absolute Gasteiger partial charge is 0.466 e. The van der Waals surface area contributed by atoms with Crippen molar-refractivity contribution in [3.8, 4) is 0 Å². The van der Waals surface area contributed by atoms with Crippen molar-refractivity contribution in [1.82, 2.24) is 4.98 Å². The van der Waals surface area contributed by atoms with E-state index >= 15 is 0 Å². The molecule has 6 heteroatoms. The van der Waals surface area contributed by atoms with Crippen molar-refractivity contribution in [2.45, 2.75) is 6.04 Å². The van der Waals surface area contributed by atoms with E-state index in [1.165, 1.54) is 20.3 Å². The molecule has 1 atom stereocenters. The molecule has 29 heavy (non-hydrogen) atoms. The van der Waals surface area contributed by atoms with Gasteiger partial charge in [0, 0.05) is 28.4 Å². The molecule has 3 aromatic rings. The first-order valence-corrected chi connectivity index (χ1v) is 9.14. The zero-order chi connectivity index (χ0) is 20.4. The number of esters is 2. The normalized spacial score (nSPS) is 15.9. The second-order valence-electron chi connectivity index (χ2n) is 6.57. The Morgan fingerprint density at radius 3 is 2.59 bits per heavy atom. The van der Waals surface area contributed by atoms with Crippen LogP contribution in [0.3, 0.4) is 0 Å². The number of carbonyl (C=O) groups is 2. The third-order valence-corrected chi connectivity index (χ3v) is 4.98. The molecule has 0 aliphatic carbocycles. The summed E-state index contributed by atoms with van der Waals surface area (Å²) in [6.07, 6.45) is 7.12. The van der Waals surface area contributed by atoms with Gasteiger partial charge in [0.25, 0.3) is 0 Å². The Bertz CT molecular complexity index is 1140. The van der Waals surface area contributed by atoms with Crippen molar-refractivity contribution in [3.05, 3.63) is 83.7 Å². The van der Waals surface area contributed by atoms with E-state index in [1.807, 2.05) is 71.8 Å². The van der Waals surface area contributed by atoms with E-state index in [1.54, 1.807) is 0 Å². The number of anilines is 1. The number of carbonyl (C=O) groups excluding carboxylic acids is 2. The van der Waals surface area contributed by atoms with Gasteiger partial charge in [-0.25, -0.2) is 9.59 Å². The number of hydrogen-bond donors (Lipinski definition) is 1. The van der Waals surface area contributed by atoms with Crippen molar-refractivity contribution in [2.75, 3.05) is 19.1 Å². The second kappa shape index (κ2) is 7.67. The van der Waals surface area contributed by atoms with Gasteiger partial charge in [0.15, 0.2) is 0 Å². The van der Waals surface area contributed by atoms with Crippen LogP contribution in [0.2, 0.25) is 0 Å². The summed E-state index contributed by atoms with van der Waals surface area (Å²) in [5.41, 5.74) is 3.80. The lowest BCUT2D eigenvalue weighted by Crippen LogP contribution is -2.34. The van der Waals surface area contributed by atoms with Crippen molar-refractivity contribution in [2.24, 2.45) is 0 Å². The molecule has 1 aromatic heterocycles. The molecule has 1 aliphatic heterocycles. The molecular formula is C23H20N2O4. The summed E-state index contributed by atoms with van der Waals surface area (Å²) < 4.78 is 9.77. The zero-order valence-electron chi connectivity index (χ0n) is 16.1. The number of hydrogen-bond acceptors (Lipinski definition) is 5. The summed E-state index contributed by atoms with van der Waals surface area (Å²) in [7, 11) is 2.56. The Morgan fingerprint density at radius 1 is 1.03 bits per heavy atom. The van der Waals surface area contributed by atoms with Gasteiger partial charge < -0.3 is 19.4 Å². The average Bonchev–Trinajstić information content (AvgIpc) is 3.20. The predicted octanol–water partition coefficient (Wildman–Crippen LogP) is 3.97. The Morgan fingerprint density at radius 2 is 1.79 bits per heavy atom. The highest BCUT2D eigenvalue weighted by Crippen LogP contribution is 2.41. The van der Waals surface area contributed by atoms with Gasteiger partial charge in [0.05, 0.1) is 26.3 Å². The highest BCUT2D eigenvalue weighted by molar-refractivity contribution is 6.01. The van der Waals surface area contributed by atoms with Gasteiger partial charge in [-0.3, -0.25) is 0 Å². The molecule has 0 bridgehead atoms. The number of fused-ring (bicyclic) bond motifs is 2. The lowest BCUT2D eigenvalue weighted by Gasteiger charge is -2.36. The summed E-state index contributed by atoms with van der Waals surface area (Å²) in [5.74, 6) is -1.25. The fourth-order valence-electron chi connectivity index (χ4n) is 3.64. The maximum atomic E-state index is 12.7. The van der Waals surface area contributed by atoms with Crippen LogP contribution in [0.25, 0.3) is 17.0 Å². The van der Waals surface area contributed by atoms with Gasteiger partial charge in [-0.1, -0.05) is 48.6 Å². The van der Waals surface area contributed by atoms with Crippen LogP contribution in [0, 0.1) is 0 Å². The highest BCUT2D eigenvalue weighted by atomic mass is 16.5. The number of nitrogens with one attached hydrogen (secondary N) is 1. The summed E-state index contributed by atoms with van der Waals surface area (Å²) in [6.45, 7) is 0. The van der Waals surface area contributed by atoms with Crippen LogP contribution < -0.4 is 4.90 Å². The summed E-state index contributed by atoms with van der Waals surface area (Å²) in [4.78, 5) is 29.8. The first-order chi connectivity index (χ1) is 14.1. The molecule has 2 heterocycles. The maximum absolute atomic E-state index is 12.7. The van der Waals surface area contributed by atoms with Crippen LogP contribution in [-0.4, -0.2) is 31.1 Å². The molecule has 4 rings (SSSR count). The molecule has 0 fully saturated rings. The summed E-state index contributed by atoms with van der Waals surface area (Å²) in [5, 5.41) is 1.04. The van der Waals surface area contributed by atoms with E-state index in [0.29, 0.717) is 0 Å². The molecule has 1 N–H and O–H groups in total. The van der Waals surface area contributed by atoms with Crippen LogP contribution in [-0.2, 0) is 19.1 Å². The van der Waals surface area contributed by atoms with Gasteiger partial charge in [-0.15, -0.1) is 0 Å². The van der Waals surface area contributed by atoms with Crippen molar-refractivity contribution < 1.29 is 19.1 Å². The molecule has 0 amide bonds. The molecule has 0 spiro atoms. The lowest BCUT2D eigenvalue weighted by atomic mass is 9.96. The monoisotopic (exact) mass is 388 g/mol. The van der Waals surface area contributed by atoms with Crippen molar-refractivity contribution in [3.63, 3.8) is 0 Å². The molecule has 1 aliphatic rings. The zero-order valence-corrected chi connectivity index (χ0v) is 16.1. The van der Waals surface area contributed by atoms with Crippen molar-refractivity contribution in [1.29, 1.82) is 0 Å². The third kappa shape index (κ3) is 3.29. The number of aromatic nitrogens is 1. The Hall–Kier alpha value is -3.80. The Kier molecular flexibility index (Phi) is 4.91. The number of H-pyrrole nitrogens is 1. The molecule has 0 radical (unpaired) electrons. The van der Waals surface area contributed by atoms with Crippen molar-refractivity contribution >= 4 is 34.6 Å². The van der Waals surface area contributed by atoms with Crippen LogP contribution in [0.15, 0.2) is 72.6 Å². The number of rotatable bonds is 4. The number of nitrogens with zero attached hydrogens (tertiary/aromatic N) is 1. The molecular weight excluding hydrogens is 368 g/mol. The molecule has 2 aromatic carbocycles. The number of para-hydroxylation sites is 2. The second-order valence-corrected chi connectivity index (χ2v) is 6.57. The summed E-state index contributed by atoms with van der Waals surface area (Å²) >= 11 is 0. The van der Waals surface area contributed by atoms with E-state index < -0.39 is 11.9 Å². The SMILES string of the molecule is COC(=O)/C=C(\C(=O)OC)N1c2ccccc2C=CC1c1c[nH]c2ccccc12. The third-order valence-electron chi connectivity index (χ3n) is 4.98. The summed E-state index contributed by atoms with van der Waals surface area (Å²) in [6, 6.07) is 15.3. The van der Waals surface area contributed by atoms with Crippen LogP contribution in [0.5, 0.6) is 0 Å². The maximum Gasteiger partial charge on any atom is 0.354 e. The number of aromatic amines is 1. The predicted molar refractivity (Wildman–Crippen MR) is 111 cm³/mol. The minimum absolute atomic E-state index is 0.103.